The molecule has 0 unspecified atom stereocenters. The Morgan fingerprint density at radius 3 is 2.28 bits per heavy atom. The van der Waals surface area contributed by atoms with E-state index in [4.69, 9.17) is 27.6 Å². The molecule has 0 atom stereocenters. The van der Waals surface area contributed by atoms with Crippen LogP contribution in [-0.2, 0) is 7.05 Å². The molecule has 0 saturated carbocycles. The molecule has 5 aromatic rings. The number of carbonyl (C=O) groups excluding carboxylic acids is 2. The summed E-state index contributed by atoms with van der Waals surface area (Å²) in [7, 11) is 1.97. The lowest BCUT2D eigenvalue weighted by Crippen LogP contribution is -1.99. The molecule has 7 heteroatoms. The quantitative estimate of drug-likeness (QED) is 0.196. The predicted molar refractivity (Wildman–Crippen MR) is 129 cm³/mol. The first-order valence-corrected chi connectivity index (χ1v) is 11.4. The lowest BCUT2D eigenvalue weighted by atomic mass is 10.1. The second-order valence-electron chi connectivity index (χ2n) is 7.66. The molecule has 3 heterocycles. The van der Waals surface area contributed by atoms with Crippen molar-refractivity contribution < 1.29 is 14.0 Å². The number of ketones is 2. The first kappa shape index (κ1) is 19.6. The van der Waals surface area contributed by atoms with Gasteiger partial charge in [0.2, 0.25) is 0 Å². The predicted octanol–water partition coefficient (Wildman–Crippen LogP) is 7.42. The van der Waals surface area contributed by atoms with E-state index < -0.39 is 0 Å². The lowest BCUT2D eigenvalue weighted by molar-refractivity contribution is 0.0990. The Morgan fingerprint density at radius 2 is 1.62 bits per heavy atom. The molecular formula is C25H13Cl2NO3S. The minimum Gasteiger partial charge on any atom is -0.455 e. The maximum absolute atomic E-state index is 12.8. The molecule has 0 amide bonds. The van der Waals surface area contributed by atoms with Crippen LogP contribution in [0.4, 0.5) is 0 Å². The summed E-state index contributed by atoms with van der Waals surface area (Å²) in [6.45, 7) is 0. The number of fused-ring (bicyclic) bond motifs is 3. The molecule has 3 aromatic heterocycles. The number of Topliss-reactive ketones (excluding diaryl/α,β-unsaturated/α-hetero) is 2. The number of halogens is 2. The highest BCUT2D eigenvalue weighted by Gasteiger charge is 2.34. The second kappa shape index (κ2) is 6.94. The molecule has 0 N–H and O–H groups in total. The third-order valence-corrected chi connectivity index (χ3v) is 7.61. The van der Waals surface area contributed by atoms with E-state index in [0.717, 1.165) is 16.1 Å². The van der Waals surface area contributed by atoms with Crippen molar-refractivity contribution in [2.45, 2.75) is 0 Å². The Morgan fingerprint density at radius 1 is 0.938 bits per heavy atom. The fourth-order valence-corrected chi connectivity index (χ4v) is 5.58. The van der Waals surface area contributed by atoms with Crippen molar-refractivity contribution in [3.63, 3.8) is 0 Å². The van der Waals surface area contributed by atoms with E-state index in [2.05, 4.69) is 22.8 Å². The van der Waals surface area contributed by atoms with E-state index in [-0.39, 0.29) is 38.3 Å². The summed E-state index contributed by atoms with van der Waals surface area (Å²) in [5, 5.41) is 1.68. The molecule has 6 rings (SSSR count). The molecule has 0 radical (unpaired) electrons. The van der Waals surface area contributed by atoms with Gasteiger partial charge in [-0.3, -0.25) is 9.59 Å². The smallest absolute Gasteiger partial charge is 0.197 e. The number of rotatable bonds is 2. The number of aromatic nitrogens is 1. The van der Waals surface area contributed by atoms with Crippen molar-refractivity contribution in [3.8, 4) is 10.6 Å². The van der Waals surface area contributed by atoms with Crippen molar-refractivity contribution in [2.75, 3.05) is 0 Å². The third-order valence-electron chi connectivity index (χ3n) is 5.75. The molecule has 0 bridgehead atoms. The number of furan rings is 1. The van der Waals surface area contributed by atoms with Gasteiger partial charge in [0.25, 0.3) is 0 Å². The number of aryl methyl sites for hydroxylation is 1. The van der Waals surface area contributed by atoms with Crippen LogP contribution in [0.2, 0.25) is 10.0 Å². The van der Waals surface area contributed by atoms with Crippen LogP contribution >= 0.6 is 34.5 Å². The van der Waals surface area contributed by atoms with E-state index in [1.807, 2.05) is 31.3 Å². The highest BCUT2D eigenvalue weighted by Crippen LogP contribution is 2.38. The Bertz CT molecular complexity index is 1570. The number of benzene rings is 2. The van der Waals surface area contributed by atoms with Gasteiger partial charge < -0.3 is 8.98 Å². The minimum absolute atomic E-state index is 0.0436. The van der Waals surface area contributed by atoms with E-state index in [1.165, 1.54) is 28.3 Å². The van der Waals surface area contributed by atoms with E-state index in [9.17, 15) is 9.59 Å². The lowest BCUT2D eigenvalue weighted by Gasteiger charge is -1.99. The molecule has 156 valence electrons. The van der Waals surface area contributed by atoms with E-state index in [1.54, 1.807) is 11.3 Å². The van der Waals surface area contributed by atoms with Gasteiger partial charge in [0.15, 0.2) is 17.1 Å². The molecular weight excluding hydrogens is 465 g/mol. The van der Waals surface area contributed by atoms with Gasteiger partial charge in [-0.2, -0.15) is 0 Å². The SMILES string of the molecule is Cn1c(-c2cc3ccccc3s2)cc2oc(C=C3C(=O)c4cc(Cl)c(Cl)cc4C3=O)cc21. The van der Waals surface area contributed by atoms with Gasteiger partial charge >= 0.3 is 0 Å². The standard InChI is InChI=1S/C25H13Cl2NO3S/c1-28-19-8-13(7-16-24(29)14-9-17(26)18(27)10-15(14)25(16)30)31-21(19)11-20(28)23-6-12-4-2-3-5-22(12)32-23/h2-11H,1H3. The maximum Gasteiger partial charge on any atom is 0.197 e. The van der Waals surface area contributed by atoms with Crippen LogP contribution in [0, 0.1) is 0 Å². The number of carbonyl (C=O) groups is 2. The zero-order valence-corrected chi connectivity index (χ0v) is 18.9. The highest BCUT2D eigenvalue weighted by atomic mass is 35.5. The molecule has 0 aliphatic heterocycles. The van der Waals surface area contributed by atoms with Crippen LogP contribution in [0.25, 0.3) is 37.8 Å². The Labute approximate surface area is 196 Å². The first-order chi connectivity index (χ1) is 15.4. The molecule has 1 aliphatic carbocycles. The number of allylic oxidation sites excluding steroid dienone is 1. The van der Waals surface area contributed by atoms with Crippen LogP contribution in [0.3, 0.4) is 0 Å². The van der Waals surface area contributed by atoms with Crippen molar-refractivity contribution in [2.24, 2.45) is 7.05 Å². The van der Waals surface area contributed by atoms with Gasteiger partial charge in [-0.05, 0) is 35.7 Å². The van der Waals surface area contributed by atoms with Gasteiger partial charge in [0, 0.05) is 35.0 Å². The maximum atomic E-state index is 12.8. The van der Waals surface area contributed by atoms with Crippen molar-refractivity contribution >= 4 is 73.4 Å². The topological polar surface area (TPSA) is 52.2 Å². The zero-order chi connectivity index (χ0) is 22.1. The minimum atomic E-state index is -0.380. The van der Waals surface area contributed by atoms with Crippen molar-refractivity contribution in [1.82, 2.24) is 4.57 Å². The molecule has 4 nitrogen and oxygen atoms in total. The first-order valence-electron chi connectivity index (χ1n) is 9.79. The number of hydrogen-bond donors (Lipinski definition) is 0. The van der Waals surface area contributed by atoms with Gasteiger partial charge in [0.05, 0.1) is 31.7 Å². The van der Waals surface area contributed by atoms with Gasteiger partial charge in [-0.15, -0.1) is 11.3 Å². The van der Waals surface area contributed by atoms with Crippen LogP contribution < -0.4 is 0 Å². The Hall–Kier alpha value is -3.12. The summed E-state index contributed by atoms with van der Waals surface area (Å²) < 4.78 is 9.26. The normalized spacial score (nSPS) is 13.5. The van der Waals surface area contributed by atoms with Crippen LogP contribution in [0.5, 0.6) is 0 Å². The Kier molecular flexibility index (Phi) is 4.24. The summed E-state index contributed by atoms with van der Waals surface area (Å²) in [4.78, 5) is 26.7. The molecule has 0 fully saturated rings. The van der Waals surface area contributed by atoms with Crippen LogP contribution in [0.15, 0.2) is 64.6 Å². The highest BCUT2D eigenvalue weighted by molar-refractivity contribution is 7.22. The van der Waals surface area contributed by atoms with E-state index >= 15 is 0 Å². The Balaban J connectivity index is 1.40. The van der Waals surface area contributed by atoms with Crippen molar-refractivity contribution in [1.29, 1.82) is 0 Å². The molecule has 32 heavy (non-hydrogen) atoms. The molecule has 0 saturated heterocycles. The second-order valence-corrected chi connectivity index (χ2v) is 9.56. The molecule has 1 aliphatic rings. The fourth-order valence-electron chi connectivity index (χ4n) is 4.14. The number of nitrogens with zero attached hydrogens (tertiary/aromatic N) is 1. The van der Waals surface area contributed by atoms with Crippen LogP contribution in [0.1, 0.15) is 26.5 Å². The fraction of sp³-hybridized carbons (Fsp3) is 0.0400. The summed E-state index contributed by atoms with van der Waals surface area (Å²) in [5.41, 5.74) is 3.18. The average molecular weight is 478 g/mol. The van der Waals surface area contributed by atoms with Gasteiger partial charge in [0.1, 0.15) is 5.76 Å². The molecule has 0 spiro atoms. The number of hydrogen-bond acceptors (Lipinski definition) is 4. The van der Waals surface area contributed by atoms with Crippen LogP contribution in [-0.4, -0.2) is 16.1 Å². The van der Waals surface area contributed by atoms with Crippen molar-refractivity contribution in [3.05, 3.63) is 87.1 Å². The third kappa shape index (κ3) is 2.82. The van der Waals surface area contributed by atoms with Gasteiger partial charge in [-0.25, -0.2) is 0 Å². The summed E-state index contributed by atoms with van der Waals surface area (Å²) in [5.74, 6) is -0.319. The zero-order valence-electron chi connectivity index (χ0n) is 16.6. The average Bonchev–Trinajstić information content (AvgIpc) is 3.50. The van der Waals surface area contributed by atoms with E-state index in [0.29, 0.717) is 11.3 Å². The summed E-state index contributed by atoms with van der Waals surface area (Å²) in [6.07, 6.45) is 1.49. The molecule has 2 aromatic carbocycles. The van der Waals surface area contributed by atoms with Gasteiger partial charge in [-0.1, -0.05) is 41.4 Å². The largest absolute Gasteiger partial charge is 0.455 e. The monoisotopic (exact) mass is 477 g/mol. The summed E-state index contributed by atoms with van der Waals surface area (Å²) in [6, 6.07) is 17.1. The number of thiophene rings is 1. The summed E-state index contributed by atoms with van der Waals surface area (Å²) >= 11 is 13.8.